The van der Waals surface area contributed by atoms with Gasteiger partial charge in [0.05, 0.1) is 23.1 Å². The minimum atomic E-state index is -5.26. The molecule has 8 nitrogen and oxygen atoms in total. The third kappa shape index (κ3) is 5.58. The molecule has 1 aromatic heterocycles. The van der Waals surface area contributed by atoms with E-state index < -0.39 is 59.0 Å². The van der Waals surface area contributed by atoms with E-state index in [9.17, 15) is 35.9 Å². The van der Waals surface area contributed by atoms with Gasteiger partial charge in [0.25, 0.3) is 5.91 Å². The monoisotopic (exact) mass is 642 g/mol. The van der Waals surface area contributed by atoms with Gasteiger partial charge in [-0.1, -0.05) is 0 Å². The number of rotatable bonds is 7. The summed E-state index contributed by atoms with van der Waals surface area (Å²) in [4.78, 5) is 34.0. The summed E-state index contributed by atoms with van der Waals surface area (Å²) in [6.07, 6.45) is -6.23. The number of carbonyl (C=O) groups is 2. The molecular weight excluding hydrogens is 617 g/mol. The molecule has 0 unspecified atom stereocenters. The maximum Gasteiger partial charge on any atom is 0.471 e. The van der Waals surface area contributed by atoms with Crippen LogP contribution in [0.1, 0.15) is 49.8 Å². The highest BCUT2D eigenvalue weighted by molar-refractivity contribution is 7.81. The highest BCUT2D eigenvalue weighted by Crippen LogP contribution is 2.48. The van der Waals surface area contributed by atoms with Crippen molar-refractivity contribution in [2.24, 2.45) is 0 Å². The first-order valence-corrected chi connectivity index (χ1v) is 14.2. The maximum atomic E-state index is 15.6. The Bertz CT molecular complexity index is 1530. The number of hydrogen-bond acceptors (Lipinski definition) is 6. The maximum absolute atomic E-state index is 15.6. The number of likely N-dealkylation sites (tertiary alicyclic amines) is 1. The molecule has 3 fully saturated rings. The molecule has 3 heterocycles. The number of benzene rings is 1. The molecule has 44 heavy (non-hydrogen) atoms. The van der Waals surface area contributed by atoms with Gasteiger partial charge in [-0.25, -0.2) is 9.37 Å². The fourth-order valence-corrected chi connectivity index (χ4v) is 6.35. The van der Waals surface area contributed by atoms with Gasteiger partial charge in [-0.15, -0.1) is 0 Å². The minimum absolute atomic E-state index is 0.0269. The lowest BCUT2D eigenvalue weighted by Gasteiger charge is -2.43. The predicted molar refractivity (Wildman–Crippen MR) is 148 cm³/mol. The lowest BCUT2D eigenvalue weighted by atomic mass is 9.75. The number of amides is 2. The Labute approximate surface area is 252 Å². The highest BCUT2D eigenvalue weighted by atomic mass is 32.1. The standard InChI is InChI=1S/C28H25F7N6O2S/c29-20-14-17(5-6-22(20)39(24(43)28(33,34)35)12-4-11-38-9-1-2-10-38)41-25(44)40(23(42)26(41)7-3-8-26)18-13-19(27(30,31)32)21(15-36)37-16-18/h5-6,13-14,16H,1-4,7-12H2. The Hall–Kier alpha value is -3.84. The molecule has 1 aliphatic carbocycles. The minimum Gasteiger partial charge on any atom is -0.303 e. The van der Waals surface area contributed by atoms with Crippen LogP contribution in [0.5, 0.6) is 0 Å². The largest absolute Gasteiger partial charge is 0.471 e. The molecule has 2 aliphatic heterocycles. The number of anilines is 3. The van der Waals surface area contributed by atoms with Gasteiger partial charge < -0.3 is 14.7 Å². The topological polar surface area (TPSA) is 83.8 Å². The Morgan fingerprint density at radius 1 is 1.07 bits per heavy atom. The van der Waals surface area contributed by atoms with Crippen LogP contribution in [0.4, 0.5) is 47.8 Å². The second kappa shape index (κ2) is 11.6. The molecule has 16 heteroatoms. The van der Waals surface area contributed by atoms with Crippen LogP contribution in [-0.4, -0.2) is 64.7 Å². The second-order valence-corrected chi connectivity index (χ2v) is 11.2. The Morgan fingerprint density at radius 2 is 1.75 bits per heavy atom. The van der Waals surface area contributed by atoms with E-state index in [1.165, 1.54) is 17.0 Å². The average Bonchev–Trinajstić information content (AvgIpc) is 3.53. The normalized spacial score (nSPS) is 18.6. The smallest absolute Gasteiger partial charge is 0.303 e. The van der Waals surface area contributed by atoms with Crippen molar-refractivity contribution >= 4 is 46.2 Å². The van der Waals surface area contributed by atoms with Crippen LogP contribution in [0.3, 0.4) is 0 Å². The first kappa shape index (κ1) is 31.6. The van der Waals surface area contributed by atoms with Crippen LogP contribution in [0.15, 0.2) is 30.5 Å². The number of pyridine rings is 1. The van der Waals surface area contributed by atoms with Crippen LogP contribution < -0.4 is 14.7 Å². The molecule has 234 valence electrons. The van der Waals surface area contributed by atoms with Crippen molar-refractivity contribution in [3.8, 4) is 6.07 Å². The molecule has 2 amide bonds. The molecular formula is C28H25F7N6O2S. The number of carbonyl (C=O) groups excluding carboxylic acids is 2. The molecule has 1 saturated carbocycles. The van der Waals surface area contributed by atoms with E-state index in [4.69, 9.17) is 17.5 Å². The van der Waals surface area contributed by atoms with Crippen LogP contribution in [-0.2, 0) is 15.8 Å². The number of halogens is 7. The predicted octanol–water partition coefficient (Wildman–Crippen LogP) is 5.55. The molecule has 1 spiro atoms. The van der Waals surface area contributed by atoms with E-state index in [2.05, 4.69) is 4.98 Å². The van der Waals surface area contributed by atoms with E-state index in [0.717, 1.165) is 49.2 Å². The van der Waals surface area contributed by atoms with Crippen molar-refractivity contribution in [1.29, 1.82) is 5.26 Å². The SMILES string of the molecule is N#Cc1ncc(N2C(=O)C3(CCC3)N(c3ccc(N(CCCN4CCCC4)C(=O)C(F)(F)F)c(F)c3)C2=S)cc1C(F)(F)F. The summed E-state index contributed by atoms with van der Waals surface area (Å²) in [7, 11) is 0. The van der Waals surface area contributed by atoms with E-state index >= 15 is 4.39 Å². The summed E-state index contributed by atoms with van der Waals surface area (Å²) in [5.41, 5.74) is -4.62. The number of thiocarbonyl (C=S) groups is 1. The number of aromatic nitrogens is 1. The second-order valence-electron chi connectivity index (χ2n) is 10.8. The summed E-state index contributed by atoms with van der Waals surface area (Å²) >= 11 is 5.49. The molecule has 0 N–H and O–H groups in total. The van der Waals surface area contributed by atoms with Gasteiger partial charge >= 0.3 is 18.3 Å². The fraction of sp³-hybridized carbons (Fsp3) is 0.464. The summed E-state index contributed by atoms with van der Waals surface area (Å²) in [5.74, 6) is -4.09. The molecule has 0 atom stereocenters. The van der Waals surface area contributed by atoms with Gasteiger partial charge in [-0.05, 0) is 94.6 Å². The molecule has 5 rings (SSSR count). The van der Waals surface area contributed by atoms with Crippen molar-refractivity contribution in [2.75, 3.05) is 40.9 Å². The van der Waals surface area contributed by atoms with Crippen molar-refractivity contribution < 1.29 is 40.3 Å². The lowest BCUT2D eigenvalue weighted by molar-refractivity contribution is -0.170. The van der Waals surface area contributed by atoms with Crippen molar-refractivity contribution in [3.05, 3.63) is 47.5 Å². The zero-order valence-corrected chi connectivity index (χ0v) is 23.8. The molecule has 0 radical (unpaired) electrons. The zero-order valence-electron chi connectivity index (χ0n) is 23.0. The van der Waals surface area contributed by atoms with Gasteiger partial charge in [0.1, 0.15) is 17.4 Å². The summed E-state index contributed by atoms with van der Waals surface area (Å²) in [6.45, 7) is 1.62. The molecule has 0 bridgehead atoms. The number of alkyl halides is 6. The van der Waals surface area contributed by atoms with E-state index in [1.807, 2.05) is 4.90 Å². The van der Waals surface area contributed by atoms with Gasteiger partial charge in [0, 0.05) is 12.2 Å². The Kier molecular flexibility index (Phi) is 8.31. The Balaban J connectivity index is 1.47. The van der Waals surface area contributed by atoms with Crippen molar-refractivity contribution in [1.82, 2.24) is 9.88 Å². The van der Waals surface area contributed by atoms with Crippen molar-refractivity contribution in [3.63, 3.8) is 0 Å². The van der Waals surface area contributed by atoms with E-state index in [1.54, 1.807) is 0 Å². The van der Waals surface area contributed by atoms with E-state index in [-0.39, 0.29) is 35.7 Å². The van der Waals surface area contributed by atoms with Crippen LogP contribution >= 0.6 is 12.2 Å². The van der Waals surface area contributed by atoms with Crippen LogP contribution in [0.25, 0.3) is 0 Å². The third-order valence-corrected chi connectivity index (χ3v) is 8.52. The number of nitrogens with zero attached hydrogens (tertiary/aromatic N) is 6. The quantitative estimate of drug-likeness (QED) is 0.289. The highest BCUT2D eigenvalue weighted by Gasteiger charge is 2.60. The number of nitriles is 1. The van der Waals surface area contributed by atoms with Crippen molar-refractivity contribution in [2.45, 2.75) is 56.4 Å². The summed E-state index contributed by atoms with van der Waals surface area (Å²) < 4.78 is 96.9. The number of hydrogen-bond donors (Lipinski definition) is 0. The molecule has 3 aliphatic rings. The van der Waals surface area contributed by atoms with Crippen LogP contribution in [0.2, 0.25) is 0 Å². The first-order chi connectivity index (χ1) is 20.7. The molecule has 2 aromatic rings. The van der Waals surface area contributed by atoms with E-state index in [0.29, 0.717) is 23.9 Å². The summed E-state index contributed by atoms with van der Waals surface area (Å²) in [6, 6.07) is 5.01. The Morgan fingerprint density at radius 3 is 2.30 bits per heavy atom. The fourth-order valence-electron chi connectivity index (χ4n) is 5.89. The van der Waals surface area contributed by atoms with Gasteiger partial charge in [-0.3, -0.25) is 14.5 Å². The third-order valence-electron chi connectivity index (χ3n) is 8.16. The zero-order chi connectivity index (χ0) is 32.0. The first-order valence-electron chi connectivity index (χ1n) is 13.8. The lowest BCUT2D eigenvalue weighted by Crippen LogP contribution is -2.55. The summed E-state index contributed by atoms with van der Waals surface area (Å²) in [5, 5.41) is 8.78. The van der Waals surface area contributed by atoms with Gasteiger partial charge in [0.15, 0.2) is 10.8 Å². The molecule has 1 aromatic carbocycles. The van der Waals surface area contributed by atoms with Crippen LogP contribution in [0, 0.1) is 17.1 Å². The van der Waals surface area contributed by atoms with Gasteiger partial charge in [-0.2, -0.15) is 31.6 Å². The van der Waals surface area contributed by atoms with Gasteiger partial charge in [0.2, 0.25) is 0 Å². The average molecular weight is 643 g/mol. The molecule has 2 saturated heterocycles.